The molecule has 0 N–H and O–H groups in total. The summed E-state index contributed by atoms with van der Waals surface area (Å²) in [4.78, 5) is 26.7. The third-order valence-electron chi connectivity index (χ3n) is 4.87. The fourth-order valence-electron chi connectivity index (χ4n) is 3.43. The molecule has 0 unspecified atom stereocenters. The number of hydrogen-bond donors (Lipinski definition) is 0. The van der Waals surface area contributed by atoms with Gasteiger partial charge in [-0.2, -0.15) is 0 Å². The van der Waals surface area contributed by atoms with Gasteiger partial charge in [-0.25, -0.2) is 4.79 Å². The number of benzene rings is 3. The second-order valence-corrected chi connectivity index (χ2v) is 6.48. The van der Waals surface area contributed by atoms with E-state index in [9.17, 15) is 9.59 Å². The molecule has 0 radical (unpaired) electrons. The number of hydrogen-bond acceptors (Lipinski definition) is 3. The Morgan fingerprint density at radius 2 is 1.33 bits per heavy atom. The van der Waals surface area contributed by atoms with Crippen molar-refractivity contribution >= 4 is 11.9 Å². The standard InChI is InChI=1S/C23H19NO3/c1-27-23(26)21-20(18-10-6-3-7-11-18)24(21)22(25)19-14-12-17(13-15-19)16-8-4-2-5-9-16/h2-15,20-21H,1H3/t20-,21-,24?/m0/s1. The van der Waals surface area contributed by atoms with Gasteiger partial charge in [0.05, 0.1) is 13.2 Å². The molecule has 2 atom stereocenters. The van der Waals surface area contributed by atoms with E-state index < -0.39 is 12.0 Å². The van der Waals surface area contributed by atoms with Crippen molar-refractivity contribution in [2.45, 2.75) is 12.1 Å². The minimum atomic E-state index is -0.571. The highest BCUT2D eigenvalue weighted by atomic mass is 16.5. The Balaban J connectivity index is 1.59. The summed E-state index contributed by atoms with van der Waals surface area (Å²) in [6.07, 6.45) is 0. The molecule has 0 aliphatic carbocycles. The first-order chi connectivity index (χ1) is 13.2. The van der Waals surface area contributed by atoms with E-state index >= 15 is 0 Å². The third-order valence-corrected chi connectivity index (χ3v) is 4.87. The minimum Gasteiger partial charge on any atom is -0.467 e. The van der Waals surface area contributed by atoms with Crippen molar-refractivity contribution in [3.63, 3.8) is 0 Å². The van der Waals surface area contributed by atoms with Gasteiger partial charge in [0.25, 0.3) is 5.91 Å². The van der Waals surface area contributed by atoms with Crippen molar-refractivity contribution in [1.82, 2.24) is 4.90 Å². The van der Waals surface area contributed by atoms with Crippen molar-refractivity contribution in [3.8, 4) is 11.1 Å². The van der Waals surface area contributed by atoms with E-state index in [4.69, 9.17) is 4.74 Å². The molecule has 0 bridgehead atoms. The van der Waals surface area contributed by atoms with E-state index in [-0.39, 0.29) is 11.9 Å². The molecular weight excluding hydrogens is 338 g/mol. The summed E-state index contributed by atoms with van der Waals surface area (Å²) in [5.41, 5.74) is 3.63. The first kappa shape index (κ1) is 17.0. The van der Waals surface area contributed by atoms with Gasteiger partial charge in [0.2, 0.25) is 0 Å². The Hall–Kier alpha value is -3.40. The lowest BCUT2D eigenvalue weighted by molar-refractivity contribution is -0.140. The van der Waals surface area contributed by atoms with E-state index in [1.165, 1.54) is 7.11 Å². The molecule has 1 aliphatic heterocycles. The largest absolute Gasteiger partial charge is 0.467 e. The van der Waals surface area contributed by atoms with E-state index in [0.717, 1.165) is 16.7 Å². The summed E-state index contributed by atoms with van der Waals surface area (Å²) in [6.45, 7) is 0. The van der Waals surface area contributed by atoms with Gasteiger partial charge in [-0.3, -0.25) is 4.79 Å². The first-order valence-corrected chi connectivity index (χ1v) is 8.81. The SMILES string of the molecule is COC(=O)[C@@H]1[C@H](c2ccccc2)N1C(=O)c1ccc(-c2ccccc2)cc1. The van der Waals surface area contributed by atoms with Crippen LogP contribution in [0.5, 0.6) is 0 Å². The molecule has 0 saturated carbocycles. The molecule has 4 heteroatoms. The smallest absolute Gasteiger partial charge is 0.331 e. The van der Waals surface area contributed by atoms with E-state index in [1.807, 2.05) is 72.8 Å². The van der Waals surface area contributed by atoms with Gasteiger partial charge in [-0.1, -0.05) is 72.8 Å². The van der Waals surface area contributed by atoms with Crippen LogP contribution in [0.4, 0.5) is 0 Å². The number of rotatable bonds is 4. The molecule has 134 valence electrons. The Kier molecular flexibility index (Phi) is 4.47. The second kappa shape index (κ2) is 7.08. The van der Waals surface area contributed by atoms with Gasteiger partial charge in [0, 0.05) is 5.56 Å². The molecular formula is C23H19NO3. The molecule has 0 spiro atoms. The molecule has 3 aromatic rings. The number of nitrogens with zero attached hydrogens (tertiary/aromatic N) is 1. The lowest BCUT2D eigenvalue weighted by Gasteiger charge is -2.07. The zero-order valence-corrected chi connectivity index (χ0v) is 14.9. The highest BCUT2D eigenvalue weighted by Gasteiger charge is 2.57. The fraction of sp³-hybridized carbons (Fsp3) is 0.130. The summed E-state index contributed by atoms with van der Waals surface area (Å²) in [6, 6.07) is 26.2. The van der Waals surface area contributed by atoms with Crippen LogP contribution in [0.3, 0.4) is 0 Å². The highest BCUT2D eigenvalue weighted by Crippen LogP contribution is 2.44. The monoisotopic (exact) mass is 357 g/mol. The van der Waals surface area contributed by atoms with Gasteiger partial charge >= 0.3 is 5.97 Å². The summed E-state index contributed by atoms with van der Waals surface area (Å²) >= 11 is 0. The molecule has 1 aliphatic rings. The number of carbonyl (C=O) groups is 2. The Labute approximate surface area is 158 Å². The molecule has 1 fully saturated rings. The Bertz CT molecular complexity index is 952. The van der Waals surface area contributed by atoms with Crippen LogP contribution in [0.15, 0.2) is 84.9 Å². The molecule has 0 aromatic heterocycles. The predicted octanol–water partition coefficient (Wildman–Crippen LogP) is 4.09. The topological polar surface area (TPSA) is 46.4 Å². The quantitative estimate of drug-likeness (QED) is 0.522. The van der Waals surface area contributed by atoms with Crippen molar-refractivity contribution in [1.29, 1.82) is 0 Å². The molecule has 4 rings (SSSR count). The predicted molar refractivity (Wildman–Crippen MR) is 103 cm³/mol. The molecule has 3 aromatic carbocycles. The maximum absolute atomic E-state index is 13.0. The second-order valence-electron chi connectivity index (χ2n) is 6.48. The number of ether oxygens (including phenoxy) is 1. The van der Waals surface area contributed by atoms with E-state index in [0.29, 0.717) is 5.56 Å². The van der Waals surface area contributed by atoms with Crippen molar-refractivity contribution in [3.05, 3.63) is 96.1 Å². The zero-order valence-electron chi connectivity index (χ0n) is 14.9. The number of methoxy groups -OCH3 is 1. The first-order valence-electron chi connectivity index (χ1n) is 8.81. The highest BCUT2D eigenvalue weighted by molar-refractivity contribution is 6.01. The van der Waals surface area contributed by atoms with Crippen LogP contribution in [-0.4, -0.2) is 29.9 Å². The van der Waals surface area contributed by atoms with E-state index in [1.54, 1.807) is 17.0 Å². The third kappa shape index (κ3) is 3.22. The van der Waals surface area contributed by atoms with Crippen LogP contribution in [0.2, 0.25) is 0 Å². The summed E-state index contributed by atoms with van der Waals surface area (Å²) in [5, 5.41) is 0. The van der Waals surface area contributed by atoms with Crippen LogP contribution in [0, 0.1) is 0 Å². The van der Waals surface area contributed by atoms with Crippen LogP contribution >= 0.6 is 0 Å². The van der Waals surface area contributed by atoms with Gasteiger partial charge in [0.15, 0.2) is 6.04 Å². The van der Waals surface area contributed by atoms with Gasteiger partial charge in [0.1, 0.15) is 0 Å². The zero-order chi connectivity index (χ0) is 18.8. The number of amides is 1. The summed E-state index contributed by atoms with van der Waals surface area (Å²) in [5.74, 6) is -0.558. The lowest BCUT2D eigenvalue weighted by atomic mass is 10.0. The lowest BCUT2D eigenvalue weighted by Crippen LogP contribution is -2.19. The molecule has 1 heterocycles. The Morgan fingerprint density at radius 3 is 1.93 bits per heavy atom. The molecule has 1 saturated heterocycles. The number of esters is 1. The van der Waals surface area contributed by atoms with Crippen LogP contribution in [-0.2, 0) is 9.53 Å². The van der Waals surface area contributed by atoms with Crippen LogP contribution in [0.25, 0.3) is 11.1 Å². The van der Waals surface area contributed by atoms with Gasteiger partial charge in [-0.05, 0) is 28.8 Å². The summed E-state index contributed by atoms with van der Waals surface area (Å²) < 4.78 is 4.89. The van der Waals surface area contributed by atoms with E-state index in [2.05, 4.69) is 0 Å². The minimum absolute atomic E-state index is 0.168. The summed E-state index contributed by atoms with van der Waals surface area (Å²) in [7, 11) is 1.35. The van der Waals surface area contributed by atoms with Crippen molar-refractivity contribution in [2.75, 3.05) is 7.11 Å². The maximum Gasteiger partial charge on any atom is 0.331 e. The van der Waals surface area contributed by atoms with Crippen molar-refractivity contribution < 1.29 is 14.3 Å². The normalized spacial score (nSPS) is 18.0. The van der Waals surface area contributed by atoms with Crippen LogP contribution < -0.4 is 0 Å². The average molecular weight is 357 g/mol. The maximum atomic E-state index is 13.0. The van der Waals surface area contributed by atoms with Crippen LogP contribution in [0.1, 0.15) is 22.0 Å². The molecule has 27 heavy (non-hydrogen) atoms. The molecule has 4 nitrogen and oxygen atoms in total. The number of carbonyl (C=O) groups excluding carboxylic acids is 2. The Morgan fingerprint density at radius 1 is 0.778 bits per heavy atom. The fourth-order valence-corrected chi connectivity index (χ4v) is 3.43. The molecule has 1 amide bonds. The van der Waals surface area contributed by atoms with Gasteiger partial charge < -0.3 is 9.64 Å². The van der Waals surface area contributed by atoms with Crippen molar-refractivity contribution in [2.24, 2.45) is 0 Å². The average Bonchev–Trinajstić information content (AvgIpc) is 3.50. The van der Waals surface area contributed by atoms with Gasteiger partial charge in [-0.15, -0.1) is 0 Å².